The third kappa shape index (κ3) is 15.5. The Morgan fingerprint density at radius 1 is 0.267 bits per heavy atom. The van der Waals surface area contributed by atoms with E-state index in [1.54, 1.807) is 16.3 Å². The molecule has 0 saturated heterocycles. The van der Waals surface area contributed by atoms with E-state index >= 15 is 0 Å². The highest BCUT2D eigenvalue weighted by Crippen LogP contribution is 2.27. The summed E-state index contributed by atoms with van der Waals surface area (Å²) in [5, 5.41) is 43.5. The summed E-state index contributed by atoms with van der Waals surface area (Å²) in [6, 6.07) is 0. The van der Waals surface area contributed by atoms with Gasteiger partial charge < -0.3 is 28.0 Å². The van der Waals surface area contributed by atoms with E-state index < -0.39 is 0 Å². The molecule has 105 heavy (non-hydrogen) atoms. The molecule has 0 aliphatic heterocycles. The molecule has 0 saturated carbocycles. The number of pyridine rings is 1. The number of nitrogens with zero attached hydrogens (tertiary/aromatic N) is 32. The molecule has 550 valence electrons. The molecule has 33 nitrogen and oxygen atoms in total. The van der Waals surface area contributed by atoms with Crippen molar-refractivity contribution in [3.8, 4) is 0 Å². The maximum atomic E-state index is 9.61. The fourth-order valence-electron chi connectivity index (χ4n) is 12.3. The van der Waals surface area contributed by atoms with Gasteiger partial charge in [-0.1, -0.05) is 5.21 Å². The van der Waals surface area contributed by atoms with Gasteiger partial charge in [-0.05, 0) is 178 Å². The Kier molecular flexibility index (Phi) is 22.6. The van der Waals surface area contributed by atoms with E-state index in [2.05, 4.69) is 160 Å². The number of hydrogen-bond acceptors (Lipinski definition) is 24. The van der Waals surface area contributed by atoms with Gasteiger partial charge in [0.15, 0.2) is 39.3 Å². The van der Waals surface area contributed by atoms with Crippen LogP contribution in [0, 0.1) is 166 Å². The summed E-state index contributed by atoms with van der Waals surface area (Å²) in [5.74, 6) is 8.59. The molecule has 0 fully saturated rings. The van der Waals surface area contributed by atoms with Crippen LogP contribution in [0.3, 0.4) is 0 Å². The van der Waals surface area contributed by atoms with Crippen LogP contribution in [0.4, 0.5) is 0 Å². The van der Waals surface area contributed by atoms with Crippen LogP contribution in [0.25, 0.3) is 88.8 Å². The molecule has 0 bridgehead atoms. The molecule has 0 aliphatic carbocycles. The van der Waals surface area contributed by atoms with Crippen LogP contribution in [0.5, 0.6) is 0 Å². The summed E-state index contributed by atoms with van der Waals surface area (Å²) in [6.07, 6.45) is 0. The van der Waals surface area contributed by atoms with E-state index in [4.69, 9.17) is 0 Å². The van der Waals surface area contributed by atoms with E-state index in [9.17, 15) is 5.21 Å². The third-order valence-corrected chi connectivity index (χ3v) is 18.8. The van der Waals surface area contributed by atoms with E-state index in [0.29, 0.717) is 5.82 Å². The zero-order valence-electron chi connectivity index (χ0n) is 66.8. The Labute approximate surface area is 608 Å². The highest BCUT2D eigenvalue weighted by molar-refractivity contribution is 5.85. The van der Waals surface area contributed by atoms with Crippen molar-refractivity contribution in [1.82, 2.24) is 153 Å². The average Bonchev–Trinajstić information content (AvgIpc) is 1.63. The van der Waals surface area contributed by atoms with Gasteiger partial charge in [0.1, 0.15) is 80.1 Å². The first-order valence-electron chi connectivity index (χ1n) is 34.1. The molecule has 0 unspecified atom stereocenters. The van der Waals surface area contributed by atoms with E-state index in [1.807, 2.05) is 199 Å². The largest absolute Gasteiger partial charge is 0.350 e. The quantitative estimate of drug-likeness (QED) is 0.109. The molecule has 16 aromatic heterocycles. The molecular weight excluding hydrogens is 1330 g/mol. The van der Waals surface area contributed by atoms with Gasteiger partial charge in [-0.15, -0.1) is 15.3 Å². The normalized spacial score (nSPS) is 11.1. The zero-order chi connectivity index (χ0) is 77.6. The molecule has 16 rings (SSSR count). The molecule has 16 aromatic rings. The highest BCUT2D eigenvalue weighted by atomic mass is 16.5. The summed E-state index contributed by atoms with van der Waals surface area (Å²) in [5.41, 5.74) is 27.0. The van der Waals surface area contributed by atoms with Crippen LogP contribution >= 0.6 is 0 Å². The molecule has 16 heterocycles. The minimum absolute atomic E-state index is 0.568. The molecule has 0 aromatic carbocycles. The number of imidazole rings is 5. The van der Waals surface area contributed by atoms with Crippen LogP contribution < -0.4 is 4.73 Å². The Morgan fingerprint density at radius 2 is 0.686 bits per heavy atom. The molecule has 0 aliphatic rings. The molecular formula is C72H97N32O+. The molecule has 0 radical (unpaired) electrons. The lowest BCUT2D eigenvalue weighted by molar-refractivity contribution is -0.913. The summed E-state index contributed by atoms with van der Waals surface area (Å²) in [4.78, 5) is 65.3. The molecule has 0 atom stereocenters. The third-order valence-electron chi connectivity index (χ3n) is 18.8. The minimum Gasteiger partial charge on any atom is -0.350 e. The van der Waals surface area contributed by atoms with Crippen LogP contribution in [0.1, 0.15) is 138 Å². The van der Waals surface area contributed by atoms with Gasteiger partial charge in [-0.3, -0.25) is 14.2 Å². The second kappa shape index (κ2) is 30.6. The van der Waals surface area contributed by atoms with Crippen LogP contribution in [0.15, 0.2) is 0 Å². The smallest absolute Gasteiger partial charge is 0.336 e. The lowest BCUT2D eigenvalue weighted by Crippen LogP contribution is -2.38. The van der Waals surface area contributed by atoms with E-state index in [-0.39, 0.29) is 0 Å². The molecule has 33 heteroatoms. The maximum absolute atomic E-state index is 9.61. The topological polar surface area (TPSA) is 360 Å². The van der Waals surface area contributed by atoms with Gasteiger partial charge in [0.2, 0.25) is 0 Å². The first-order valence-corrected chi connectivity index (χ1v) is 34.1. The van der Waals surface area contributed by atoms with E-state index in [1.165, 1.54) is 27.7 Å². The zero-order valence-corrected chi connectivity index (χ0v) is 66.8. The number of rotatable bonds is 0. The number of aryl methyl sites for hydroxylation is 31. The van der Waals surface area contributed by atoms with Crippen molar-refractivity contribution in [3.05, 3.63) is 138 Å². The van der Waals surface area contributed by atoms with Gasteiger partial charge in [0.25, 0.3) is 5.65 Å². The fourth-order valence-corrected chi connectivity index (χ4v) is 12.3. The lowest BCUT2D eigenvalue weighted by Gasteiger charge is -2.05. The van der Waals surface area contributed by atoms with Gasteiger partial charge >= 0.3 is 5.82 Å². The first-order chi connectivity index (χ1) is 49.2. The van der Waals surface area contributed by atoms with Crippen LogP contribution in [-0.2, 0) is 56.4 Å². The minimum atomic E-state index is 0.568. The summed E-state index contributed by atoms with van der Waals surface area (Å²) < 4.78 is 16.6. The predicted molar refractivity (Wildman–Crippen MR) is 404 cm³/mol. The maximum Gasteiger partial charge on any atom is 0.336 e. The van der Waals surface area contributed by atoms with Crippen molar-refractivity contribution in [3.63, 3.8) is 0 Å². The summed E-state index contributed by atoms with van der Waals surface area (Å²) in [7, 11) is 15.6. The summed E-state index contributed by atoms with van der Waals surface area (Å²) in [6.45, 7) is 47.1. The van der Waals surface area contributed by atoms with Crippen molar-refractivity contribution < 1.29 is 9.94 Å². The van der Waals surface area contributed by atoms with Gasteiger partial charge in [-0.2, -0.15) is 15.3 Å². The van der Waals surface area contributed by atoms with E-state index in [0.717, 1.165) is 198 Å². The van der Waals surface area contributed by atoms with Gasteiger partial charge in [0.05, 0.1) is 67.7 Å². The van der Waals surface area contributed by atoms with Crippen molar-refractivity contribution in [2.45, 2.75) is 166 Å². The monoisotopic (exact) mass is 1430 g/mol. The van der Waals surface area contributed by atoms with Crippen molar-refractivity contribution in [2.75, 3.05) is 0 Å². The summed E-state index contributed by atoms with van der Waals surface area (Å²) >= 11 is 0. The van der Waals surface area contributed by atoms with Crippen molar-refractivity contribution in [2.24, 2.45) is 56.4 Å². The lowest BCUT2D eigenvalue weighted by atomic mass is 10.1. The average molecular weight is 1430 g/mol. The number of hydrogen-bond donors (Lipinski definition) is 1. The van der Waals surface area contributed by atoms with Gasteiger partial charge in [0, 0.05) is 87.0 Å². The second-order valence-corrected chi connectivity index (χ2v) is 26.4. The molecule has 0 amide bonds. The Morgan fingerprint density at radius 3 is 1.25 bits per heavy atom. The SMILES string of the molecule is Cc1nc(C)c2c(C)c(C)n(C)c2n1.Cc1nc(C)c2c(C)nn(C)c2n1.Cc1nc(C)c2nc(C)n(C)c2c1C.Cc1nc(C)c2nc(C)n(C)c2n1.Cc1nc(C)c2nnn(C)c2n1.Cc1nc2c(C)[n+](O)c(C)nc2n1C.Cc1nnc(C)c2c1nc(C)n2C.Cc1nnnc2c1nc(C)n2C. The Hall–Kier alpha value is -11.8. The second-order valence-electron chi connectivity index (χ2n) is 26.4. The van der Waals surface area contributed by atoms with Crippen LogP contribution in [0.2, 0.25) is 0 Å². The Bertz CT molecular complexity index is 5980. The molecule has 0 spiro atoms. The number of aromatic nitrogens is 32. The highest BCUT2D eigenvalue weighted by Gasteiger charge is 2.22. The first kappa shape index (κ1) is 77.4. The van der Waals surface area contributed by atoms with Crippen molar-refractivity contribution >= 4 is 88.8 Å². The predicted octanol–water partition coefficient (Wildman–Crippen LogP) is 9.44. The van der Waals surface area contributed by atoms with Gasteiger partial charge in [-0.25, -0.2) is 69.5 Å². The fraction of sp³-hybridized carbons (Fsp3) is 0.444. The Balaban J connectivity index is 0.000000139. The number of fused-ring (bicyclic) bond motifs is 8. The standard InChI is InChI=1S/2C11H15N3.C9H13N4O.3C9H12N4.2C7H9N5/c1-6-8(3)14(5)11-10(6)7(2)12-9(4)13-11;1-6-7(2)12-8(3)10-11(6)14(5)9(4)13-10;1-5-8-9(11-7(3)13(5)14)12(4)6(2)10-8;1-5-8-9(11-6(2)10-5)13(4)7(3)12-8;1-5-8-9(6(2)12-11-5)13(4)7(3)10-8;1-5-8-6(2)12-13(4)9(8)11-7(3)10-5;1-4-6-7(10-11-9-4)12(3)5(2)8-6;1-4-6-7(9-5(2)8-4)12(3)11-10-6/h2*1-5H3;14H,1-4H3;3*1-4H3;2*1-3H3/q;;+1;;;;;. The molecule has 1 N–H and O–H groups in total. The van der Waals surface area contributed by atoms with Crippen molar-refractivity contribution in [1.29, 1.82) is 0 Å². The van der Waals surface area contributed by atoms with Crippen LogP contribution in [-0.4, -0.2) is 158 Å².